The number of amides is 2. The zero-order chi connectivity index (χ0) is 24.2. The summed E-state index contributed by atoms with van der Waals surface area (Å²) in [6.45, 7) is -0.392. The van der Waals surface area contributed by atoms with Crippen LogP contribution in [0.2, 0.25) is 0 Å². The van der Waals surface area contributed by atoms with Crippen molar-refractivity contribution in [3.05, 3.63) is 53.4 Å². The van der Waals surface area contributed by atoms with Crippen molar-refractivity contribution in [2.75, 3.05) is 13.2 Å². The molecule has 2 heterocycles. The number of aliphatic hydroxyl groups excluding tert-OH is 1. The van der Waals surface area contributed by atoms with Gasteiger partial charge in [-0.05, 0) is 12.1 Å². The molecule has 3 N–H and O–H groups in total. The second-order valence-corrected chi connectivity index (χ2v) is 6.81. The minimum Gasteiger partial charge on any atom is -0.395 e. The number of hydrogen-bond donors (Lipinski definition) is 3. The highest BCUT2D eigenvalue weighted by Gasteiger charge is 2.36. The number of aryl methyl sites for hydroxylation is 1. The van der Waals surface area contributed by atoms with Gasteiger partial charge in [-0.3, -0.25) is 14.3 Å². The van der Waals surface area contributed by atoms with E-state index in [1.807, 2.05) is 0 Å². The van der Waals surface area contributed by atoms with E-state index >= 15 is 0 Å². The molecule has 176 valence electrons. The number of aliphatic hydroxyl groups is 1. The number of alkyl halides is 3. The second kappa shape index (κ2) is 9.77. The third kappa shape index (κ3) is 5.91. The van der Waals surface area contributed by atoms with Crippen LogP contribution in [0, 0.1) is 5.82 Å². The summed E-state index contributed by atoms with van der Waals surface area (Å²) in [5, 5.41) is 20.6. The molecule has 3 rings (SSSR count). The van der Waals surface area contributed by atoms with E-state index in [0.29, 0.717) is 6.07 Å². The van der Waals surface area contributed by atoms with Crippen LogP contribution in [0.1, 0.15) is 34.5 Å². The molecule has 1 aromatic carbocycles. The molecule has 0 spiro atoms. The lowest BCUT2D eigenvalue weighted by atomic mass is 10.1. The Morgan fingerprint density at radius 2 is 2.03 bits per heavy atom. The fourth-order valence-electron chi connectivity index (χ4n) is 2.83. The number of hydrogen-bond acceptors (Lipinski definition) is 7. The van der Waals surface area contributed by atoms with Crippen molar-refractivity contribution in [2.24, 2.45) is 7.05 Å². The van der Waals surface area contributed by atoms with Crippen LogP contribution in [-0.2, 0) is 18.0 Å². The molecule has 0 bridgehead atoms. The zero-order valence-corrected chi connectivity index (χ0v) is 17.1. The fourth-order valence-corrected chi connectivity index (χ4v) is 2.83. The van der Waals surface area contributed by atoms with Crippen LogP contribution in [0.5, 0.6) is 0 Å². The van der Waals surface area contributed by atoms with Crippen molar-refractivity contribution in [1.82, 2.24) is 30.6 Å². The molecule has 1 atom stereocenters. The largest absolute Gasteiger partial charge is 0.435 e. The Hall–Kier alpha value is -3.81. The summed E-state index contributed by atoms with van der Waals surface area (Å²) in [5.41, 5.74) is -1.42. The van der Waals surface area contributed by atoms with Crippen molar-refractivity contribution in [2.45, 2.75) is 18.6 Å². The summed E-state index contributed by atoms with van der Waals surface area (Å²) >= 11 is 0. The first-order chi connectivity index (χ1) is 15.6. The average Bonchev–Trinajstić information content (AvgIpc) is 3.39. The Balaban J connectivity index is 1.87. The second-order valence-electron chi connectivity index (χ2n) is 6.81. The highest BCUT2D eigenvalue weighted by Crippen LogP contribution is 2.28. The van der Waals surface area contributed by atoms with Gasteiger partial charge < -0.3 is 20.3 Å². The van der Waals surface area contributed by atoms with E-state index in [1.54, 1.807) is 0 Å². The molecule has 3 aromatic rings. The minimum absolute atomic E-state index is 0.0283. The SMILES string of the molecule is Cn1nc(C(F)(F)F)cc1C(=O)N[C@H](CC(=O)NCCO)c1nc(-c2cccc(F)c2)no1. The lowest BCUT2D eigenvalue weighted by Crippen LogP contribution is -2.35. The van der Waals surface area contributed by atoms with Crippen LogP contribution >= 0.6 is 0 Å². The molecule has 2 aromatic heterocycles. The summed E-state index contributed by atoms with van der Waals surface area (Å²) < 4.78 is 58.1. The Bertz CT molecular complexity index is 1140. The molecule has 33 heavy (non-hydrogen) atoms. The van der Waals surface area contributed by atoms with Crippen molar-refractivity contribution < 1.29 is 36.8 Å². The summed E-state index contributed by atoms with van der Waals surface area (Å²) in [4.78, 5) is 28.9. The maximum Gasteiger partial charge on any atom is 0.435 e. The van der Waals surface area contributed by atoms with Crippen LogP contribution in [0.4, 0.5) is 17.6 Å². The summed E-state index contributed by atoms with van der Waals surface area (Å²) in [7, 11) is 1.15. The Labute approximate surface area is 183 Å². The number of carbonyl (C=O) groups is 2. The normalized spacial score (nSPS) is 12.4. The molecule has 0 aliphatic rings. The topological polar surface area (TPSA) is 135 Å². The number of halogens is 4. The van der Waals surface area contributed by atoms with E-state index in [9.17, 15) is 27.2 Å². The molecule has 14 heteroatoms. The van der Waals surface area contributed by atoms with E-state index in [2.05, 4.69) is 25.9 Å². The van der Waals surface area contributed by atoms with Crippen LogP contribution in [0.15, 0.2) is 34.9 Å². The third-order valence-electron chi connectivity index (χ3n) is 4.35. The number of aromatic nitrogens is 4. The van der Waals surface area contributed by atoms with Crippen molar-refractivity contribution in [3.63, 3.8) is 0 Å². The molecule has 0 fully saturated rings. The van der Waals surface area contributed by atoms with Gasteiger partial charge in [0.1, 0.15) is 17.6 Å². The predicted octanol–water partition coefficient (Wildman–Crippen LogP) is 1.60. The predicted molar refractivity (Wildman–Crippen MR) is 103 cm³/mol. The molecule has 0 aliphatic heterocycles. The summed E-state index contributed by atoms with van der Waals surface area (Å²) in [5.74, 6) is -2.41. The van der Waals surface area contributed by atoms with Gasteiger partial charge in [-0.15, -0.1) is 0 Å². The van der Waals surface area contributed by atoms with E-state index in [0.717, 1.165) is 17.8 Å². The lowest BCUT2D eigenvalue weighted by Gasteiger charge is -2.14. The van der Waals surface area contributed by atoms with Gasteiger partial charge in [0, 0.05) is 25.2 Å². The molecule has 2 amide bonds. The van der Waals surface area contributed by atoms with E-state index < -0.39 is 47.7 Å². The van der Waals surface area contributed by atoms with Crippen LogP contribution in [-0.4, -0.2) is 50.0 Å². The highest BCUT2D eigenvalue weighted by molar-refractivity contribution is 5.93. The number of nitrogens with one attached hydrogen (secondary N) is 2. The van der Waals surface area contributed by atoms with Crippen molar-refractivity contribution >= 4 is 11.8 Å². The molecule has 0 aliphatic carbocycles. The molecule has 0 saturated heterocycles. The van der Waals surface area contributed by atoms with Gasteiger partial charge >= 0.3 is 6.18 Å². The summed E-state index contributed by atoms with van der Waals surface area (Å²) in [6.07, 6.45) is -5.19. The molecular formula is C19H18F4N6O4. The number of rotatable bonds is 8. The lowest BCUT2D eigenvalue weighted by molar-refractivity contribution is -0.141. The first kappa shape index (κ1) is 23.8. The Morgan fingerprint density at radius 3 is 2.67 bits per heavy atom. The third-order valence-corrected chi connectivity index (χ3v) is 4.35. The number of nitrogens with zero attached hydrogens (tertiary/aromatic N) is 4. The maximum atomic E-state index is 13.5. The van der Waals surface area contributed by atoms with Crippen molar-refractivity contribution in [3.8, 4) is 11.4 Å². The van der Waals surface area contributed by atoms with Gasteiger partial charge in [0.15, 0.2) is 5.69 Å². The van der Waals surface area contributed by atoms with Gasteiger partial charge in [0.25, 0.3) is 5.91 Å². The maximum absolute atomic E-state index is 13.5. The number of benzene rings is 1. The summed E-state index contributed by atoms with van der Waals surface area (Å²) in [6, 6.07) is 4.60. The highest BCUT2D eigenvalue weighted by atomic mass is 19.4. The zero-order valence-electron chi connectivity index (χ0n) is 17.1. The van der Waals surface area contributed by atoms with Crippen molar-refractivity contribution in [1.29, 1.82) is 0 Å². The van der Waals surface area contributed by atoms with E-state index in [4.69, 9.17) is 9.63 Å². The smallest absolute Gasteiger partial charge is 0.395 e. The average molecular weight is 470 g/mol. The Morgan fingerprint density at radius 1 is 1.27 bits per heavy atom. The fraction of sp³-hybridized carbons (Fsp3) is 0.316. The molecule has 10 nitrogen and oxygen atoms in total. The van der Waals surface area contributed by atoms with Crippen LogP contribution in [0.25, 0.3) is 11.4 Å². The first-order valence-electron chi connectivity index (χ1n) is 9.47. The monoisotopic (exact) mass is 470 g/mol. The van der Waals surface area contributed by atoms with E-state index in [-0.39, 0.29) is 30.4 Å². The quantitative estimate of drug-likeness (QED) is 0.426. The molecule has 0 unspecified atom stereocenters. The molecule has 0 saturated carbocycles. The Kier molecular flexibility index (Phi) is 7.06. The van der Waals surface area contributed by atoms with Gasteiger partial charge in [-0.2, -0.15) is 23.3 Å². The van der Waals surface area contributed by atoms with Gasteiger partial charge in [0.05, 0.1) is 13.0 Å². The van der Waals surface area contributed by atoms with Gasteiger partial charge in [0.2, 0.25) is 17.6 Å². The first-order valence-corrected chi connectivity index (χ1v) is 9.47. The van der Waals surface area contributed by atoms with Gasteiger partial charge in [-0.25, -0.2) is 4.39 Å². The molecular weight excluding hydrogens is 452 g/mol. The number of carbonyl (C=O) groups excluding carboxylic acids is 2. The van der Waals surface area contributed by atoms with E-state index in [1.165, 1.54) is 18.2 Å². The van der Waals surface area contributed by atoms with Gasteiger partial charge in [-0.1, -0.05) is 17.3 Å². The molecule has 0 radical (unpaired) electrons. The van der Waals surface area contributed by atoms with Crippen LogP contribution in [0.3, 0.4) is 0 Å². The minimum atomic E-state index is -4.76. The standard InChI is InChI=1S/C19H18F4N6O4/c1-29-13(9-14(27-29)19(21,22)23)17(32)25-12(8-15(31)24-5-6-30)18-26-16(28-33-18)10-3-2-4-11(20)7-10/h2-4,7,9,12,30H,5-6,8H2,1H3,(H,24,31)(H,25,32)/t12-/m1/s1. The van der Waals surface area contributed by atoms with Crippen LogP contribution < -0.4 is 10.6 Å².